The third kappa shape index (κ3) is 3.77. The van der Waals surface area contributed by atoms with Crippen molar-refractivity contribution in [2.75, 3.05) is 45.3 Å². The van der Waals surface area contributed by atoms with Crippen molar-refractivity contribution in [2.24, 2.45) is 0 Å². The fraction of sp³-hybridized carbons (Fsp3) is 0.368. The van der Waals surface area contributed by atoms with Gasteiger partial charge in [0, 0.05) is 11.3 Å². The van der Waals surface area contributed by atoms with Gasteiger partial charge in [-0.1, -0.05) is 18.2 Å². The summed E-state index contributed by atoms with van der Waals surface area (Å²) >= 11 is 0. The van der Waals surface area contributed by atoms with Crippen LogP contribution < -0.4 is 19.3 Å². The minimum atomic E-state index is 0.792. The lowest BCUT2D eigenvalue weighted by Gasteiger charge is -2.33. The third-order valence-corrected chi connectivity index (χ3v) is 4.49. The molecule has 1 N–H and O–H groups in total. The minimum Gasteiger partial charge on any atom is -0.493 e. The predicted molar refractivity (Wildman–Crippen MR) is 92.6 cm³/mol. The first-order valence-electron chi connectivity index (χ1n) is 8.14. The van der Waals surface area contributed by atoms with Crippen LogP contribution in [0.15, 0.2) is 48.5 Å². The Bertz CT molecular complexity index is 623. The summed E-state index contributed by atoms with van der Waals surface area (Å²) in [4.78, 5) is 4.09. The Morgan fingerprint density at radius 1 is 0.913 bits per heavy atom. The first-order valence-corrected chi connectivity index (χ1v) is 8.14. The lowest BCUT2D eigenvalue weighted by atomic mass is 10.1. The van der Waals surface area contributed by atoms with Gasteiger partial charge in [-0.2, -0.15) is 0 Å². The van der Waals surface area contributed by atoms with E-state index in [1.807, 2.05) is 6.07 Å². The maximum absolute atomic E-state index is 5.40. The van der Waals surface area contributed by atoms with Gasteiger partial charge in [0.15, 0.2) is 11.5 Å². The van der Waals surface area contributed by atoms with E-state index in [2.05, 4.69) is 47.4 Å². The molecule has 1 heterocycles. The van der Waals surface area contributed by atoms with E-state index in [1.165, 1.54) is 11.3 Å². The summed E-state index contributed by atoms with van der Waals surface area (Å²) in [5, 5.41) is 0. The molecular weight excluding hydrogens is 288 g/mol. The maximum atomic E-state index is 5.40. The monoisotopic (exact) mass is 313 g/mol. The summed E-state index contributed by atoms with van der Waals surface area (Å²) in [5.41, 5.74) is 2.63. The molecule has 1 aliphatic heterocycles. The number of hydrogen-bond donors (Lipinski definition) is 1. The van der Waals surface area contributed by atoms with E-state index in [0.29, 0.717) is 0 Å². The van der Waals surface area contributed by atoms with Crippen LogP contribution in [0.1, 0.15) is 5.56 Å². The topological polar surface area (TPSA) is 26.1 Å². The predicted octanol–water partition coefficient (Wildman–Crippen LogP) is 1.61. The van der Waals surface area contributed by atoms with Crippen LogP contribution in [0.3, 0.4) is 0 Å². The minimum absolute atomic E-state index is 0.792. The molecule has 23 heavy (non-hydrogen) atoms. The molecule has 0 atom stereocenters. The van der Waals surface area contributed by atoms with E-state index in [-0.39, 0.29) is 0 Å². The summed E-state index contributed by atoms with van der Waals surface area (Å²) < 4.78 is 10.7. The molecule has 0 aliphatic carbocycles. The van der Waals surface area contributed by atoms with Crippen molar-refractivity contribution in [2.45, 2.75) is 6.54 Å². The Labute approximate surface area is 138 Å². The van der Waals surface area contributed by atoms with Crippen molar-refractivity contribution < 1.29 is 14.4 Å². The molecule has 0 aromatic heterocycles. The van der Waals surface area contributed by atoms with E-state index in [1.54, 1.807) is 19.1 Å². The molecular formula is C19H25N2O2+. The van der Waals surface area contributed by atoms with Gasteiger partial charge in [-0.25, -0.2) is 0 Å². The fourth-order valence-corrected chi connectivity index (χ4v) is 3.18. The van der Waals surface area contributed by atoms with Gasteiger partial charge in [0.05, 0.1) is 40.4 Å². The van der Waals surface area contributed by atoms with E-state index in [0.717, 1.165) is 44.2 Å². The molecule has 1 saturated heterocycles. The first-order chi connectivity index (χ1) is 11.3. The first kappa shape index (κ1) is 15.7. The van der Waals surface area contributed by atoms with Gasteiger partial charge in [0.1, 0.15) is 6.54 Å². The number of rotatable bonds is 5. The van der Waals surface area contributed by atoms with Crippen LogP contribution in [-0.2, 0) is 6.54 Å². The summed E-state index contributed by atoms with van der Waals surface area (Å²) in [5.74, 6) is 1.60. The van der Waals surface area contributed by atoms with Gasteiger partial charge < -0.3 is 19.3 Å². The highest BCUT2D eigenvalue weighted by molar-refractivity contribution is 5.46. The fourth-order valence-electron chi connectivity index (χ4n) is 3.18. The number of para-hydroxylation sites is 1. The number of hydrogen-bond acceptors (Lipinski definition) is 3. The molecule has 122 valence electrons. The number of benzene rings is 2. The molecule has 0 amide bonds. The van der Waals surface area contributed by atoms with Crippen molar-refractivity contribution in [1.29, 1.82) is 0 Å². The van der Waals surface area contributed by atoms with E-state index in [9.17, 15) is 0 Å². The molecule has 2 aromatic rings. The number of anilines is 1. The number of ether oxygens (including phenoxy) is 2. The van der Waals surface area contributed by atoms with Crippen molar-refractivity contribution >= 4 is 5.69 Å². The second-order valence-electron chi connectivity index (χ2n) is 5.94. The van der Waals surface area contributed by atoms with E-state index in [4.69, 9.17) is 9.47 Å². The molecule has 2 aromatic carbocycles. The van der Waals surface area contributed by atoms with Crippen LogP contribution in [0, 0.1) is 0 Å². The van der Waals surface area contributed by atoms with Gasteiger partial charge in [-0.05, 0) is 30.3 Å². The number of piperazine rings is 1. The van der Waals surface area contributed by atoms with Crippen LogP contribution in [0.4, 0.5) is 5.69 Å². The van der Waals surface area contributed by atoms with E-state index >= 15 is 0 Å². The second kappa shape index (κ2) is 7.38. The molecule has 1 aliphatic rings. The van der Waals surface area contributed by atoms with Crippen molar-refractivity contribution in [3.63, 3.8) is 0 Å². The van der Waals surface area contributed by atoms with Gasteiger partial charge in [-0.3, -0.25) is 0 Å². The van der Waals surface area contributed by atoms with Gasteiger partial charge in [0.2, 0.25) is 0 Å². The molecule has 0 unspecified atom stereocenters. The molecule has 0 bridgehead atoms. The van der Waals surface area contributed by atoms with E-state index < -0.39 is 0 Å². The average molecular weight is 313 g/mol. The molecule has 1 fully saturated rings. The zero-order valence-corrected chi connectivity index (χ0v) is 13.9. The zero-order chi connectivity index (χ0) is 16.1. The van der Waals surface area contributed by atoms with Crippen LogP contribution >= 0.6 is 0 Å². The third-order valence-electron chi connectivity index (χ3n) is 4.49. The Balaban J connectivity index is 1.58. The van der Waals surface area contributed by atoms with Crippen molar-refractivity contribution in [3.8, 4) is 11.5 Å². The highest BCUT2D eigenvalue weighted by atomic mass is 16.5. The van der Waals surface area contributed by atoms with Crippen LogP contribution in [0.25, 0.3) is 0 Å². The summed E-state index contributed by atoms with van der Waals surface area (Å²) in [6, 6.07) is 16.9. The smallest absolute Gasteiger partial charge is 0.161 e. The number of methoxy groups -OCH3 is 2. The molecule has 0 saturated carbocycles. The van der Waals surface area contributed by atoms with Crippen LogP contribution in [0.2, 0.25) is 0 Å². The van der Waals surface area contributed by atoms with Crippen molar-refractivity contribution in [1.82, 2.24) is 0 Å². The summed E-state index contributed by atoms with van der Waals surface area (Å²) in [6.45, 7) is 5.55. The molecule has 3 rings (SSSR count). The Morgan fingerprint density at radius 3 is 2.26 bits per heavy atom. The number of nitrogens with zero attached hydrogens (tertiary/aromatic N) is 1. The zero-order valence-electron chi connectivity index (χ0n) is 13.9. The van der Waals surface area contributed by atoms with Crippen LogP contribution in [-0.4, -0.2) is 40.4 Å². The molecule has 4 heteroatoms. The highest BCUT2D eigenvalue weighted by Crippen LogP contribution is 2.27. The van der Waals surface area contributed by atoms with Crippen molar-refractivity contribution in [3.05, 3.63) is 54.1 Å². The summed E-state index contributed by atoms with van der Waals surface area (Å²) in [7, 11) is 3.36. The van der Waals surface area contributed by atoms with Gasteiger partial charge >= 0.3 is 0 Å². The second-order valence-corrected chi connectivity index (χ2v) is 5.94. The molecule has 0 radical (unpaired) electrons. The lowest BCUT2D eigenvalue weighted by molar-refractivity contribution is -0.914. The Hall–Kier alpha value is -2.20. The quantitative estimate of drug-likeness (QED) is 0.908. The molecule has 0 spiro atoms. The number of quaternary nitrogens is 1. The SMILES string of the molecule is COc1ccc(C[NH+]2CCN(c3ccccc3)CC2)cc1OC. The maximum Gasteiger partial charge on any atom is 0.161 e. The van der Waals surface area contributed by atoms with Crippen LogP contribution in [0.5, 0.6) is 11.5 Å². The normalized spacial score (nSPS) is 15.5. The lowest BCUT2D eigenvalue weighted by Crippen LogP contribution is -3.13. The van der Waals surface area contributed by atoms with Gasteiger partial charge in [0.25, 0.3) is 0 Å². The Morgan fingerprint density at radius 2 is 1.61 bits per heavy atom. The average Bonchev–Trinajstić information content (AvgIpc) is 2.63. The summed E-state index contributed by atoms with van der Waals surface area (Å²) in [6.07, 6.45) is 0. The largest absolute Gasteiger partial charge is 0.493 e. The standard InChI is InChI=1S/C19H24N2O2/c1-22-18-9-8-16(14-19(18)23-2)15-20-10-12-21(13-11-20)17-6-4-3-5-7-17/h3-9,14H,10-13,15H2,1-2H3/p+1. The molecule has 4 nitrogen and oxygen atoms in total. The number of nitrogens with one attached hydrogen (secondary N) is 1. The Kier molecular flexibility index (Phi) is 5.03. The van der Waals surface area contributed by atoms with Gasteiger partial charge in [-0.15, -0.1) is 0 Å². The highest BCUT2D eigenvalue weighted by Gasteiger charge is 2.20.